The number of ether oxygens (including phenoxy) is 1. The number of morpholine rings is 1. The topological polar surface area (TPSA) is 79.4 Å². The van der Waals surface area contributed by atoms with E-state index in [1.165, 1.54) is 6.26 Å². The van der Waals surface area contributed by atoms with Crippen LogP contribution in [0.2, 0.25) is 0 Å². The van der Waals surface area contributed by atoms with Crippen LogP contribution < -0.4 is 0 Å². The van der Waals surface area contributed by atoms with E-state index in [0.29, 0.717) is 54.6 Å². The highest BCUT2D eigenvalue weighted by atomic mass is 16.5. The standard InChI is InChI=1S/C16H15N3O3/c1-11-13(10-17)12(15-3-2-6-22-15)9-14(18-11)16(20)19-4-7-21-8-5-19/h2-3,6,9H,4-5,7-8H2,1H3. The number of aromatic nitrogens is 1. The molecule has 0 N–H and O–H groups in total. The van der Waals surface area contributed by atoms with Crippen LogP contribution in [0.1, 0.15) is 21.7 Å². The summed E-state index contributed by atoms with van der Waals surface area (Å²) in [4.78, 5) is 18.6. The summed E-state index contributed by atoms with van der Waals surface area (Å²) >= 11 is 0. The largest absolute Gasteiger partial charge is 0.464 e. The van der Waals surface area contributed by atoms with Gasteiger partial charge in [-0.3, -0.25) is 4.79 Å². The first-order valence-corrected chi connectivity index (χ1v) is 7.03. The maximum Gasteiger partial charge on any atom is 0.272 e. The third kappa shape index (κ3) is 2.59. The third-order valence-electron chi connectivity index (χ3n) is 3.62. The highest BCUT2D eigenvalue weighted by molar-refractivity contribution is 5.94. The van der Waals surface area contributed by atoms with Gasteiger partial charge in [-0.2, -0.15) is 5.26 Å². The van der Waals surface area contributed by atoms with Gasteiger partial charge in [0.15, 0.2) is 0 Å². The van der Waals surface area contributed by atoms with Gasteiger partial charge in [0.25, 0.3) is 5.91 Å². The van der Waals surface area contributed by atoms with Gasteiger partial charge in [-0.1, -0.05) is 0 Å². The fraction of sp³-hybridized carbons (Fsp3) is 0.312. The number of hydrogen-bond donors (Lipinski definition) is 0. The van der Waals surface area contributed by atoms with Crippen LogP contribution in [-0.4, -0.2) is 42.1 Å². The normalized spacial score (nSPS) is 14.6. The molecular formula is C16H15N3O3. The van der Waals surface area contributed by atoms with Crippen molar-refractivity contribution in [3.8, 4) is 17.4 Å². The quantitative estimate of drug-likeness (QED) is 0.847. The molecule has 22 heavy (non-hydrogen) atoms. The Morgan fingerprint density at radius 3 is 2.82 bits per heavy atom. The molecule has 1 aliphatic heterocycles. The lowest BCUT2D eigenvalue weighted by molar-refractivity contribution is 0.0299. The van der Waals surface area contributed by atoms with E-state index in [-0.39, 0.29) is 5.91 Å². The van der Waals surface area contributed by atoms with Gasteiger partial charge in [-0.25, -0.2) is 4.98 Å². The third-order valence-corrected chi connectivity index (χ3v) is 3.62. The van der Waals surface area contributed by atoms with E-state index in [1.54, 1.807) is 30.0 Å². The Labute approximate surface area is 127 Å². The van der Waals surface area contributed by atoms with E-state index in [0.717, 1.165) is 0 Å². The second-order valence-corrected chi connectivity index (χ2v) is 5.01. The van der Waals surface area contributed by atoms with Crippen LogP contribution in [0.3, 0.4) is 0 Å². The maximum absolute atomic E-state index is 12.6. The molecule has 0 radical (unpaired) electrons. The number of aryl methyl sites for hydroxylation is 1. The van der Waals surface area contributed by atoms with Crippen molar-refractivity contribution in [3.63, 3.8) is 0 Å². The van der Waals surface area contributed by atoms with E-state index >= 15 is 0 Å². The molecule has 0 spiro atoms. The molecule has 1 saturated heterocycles. The van der Waals surface area contributed by atoms with E-state index in [2.05, 4.69) is 11.1 Å². The zero-order valence-corrected chi connectivity index (χ0v) is 12.2. The van der Waals surface area contributed by atoms with Crippen molar-refractivity contribution in [2.24, 2.45) is 0 Å². The lowest BCUT2D eigenvalue weighted by Gasteiger charge is -2.26. The number of hydrogen-bond acceptors (Lipinski definition) is 5. The summed E-state index contributed by atoms with van der Waals surface area (Å²) in [6.45, 7) is 3.89. The van der Waals surface area contributed by atoms with E-state index < -0.39 is 0 Å². The van der Waals surface area contributed by atoms with Gasteiger partial charge in [0.2, 0.25) is 0 Å². The molecule has 6 heteroatoms. The summed E-state index contributed by atoms with van der Waals surface area (Å²) in [6, 6.07) is 7.27. The summed E-state index contributed by atoms with van der Waals surface area (Å²) in [5.41, 5.74) is 1.86. The fourth-order valence-electron chi connectivity index (χ4n) is 2.48. The number of amides is 1. The number of carbonyl (C=O) groups excluding carboxylic acids is 1. The van der Waals surface area contributed by atoms with E-state index in [9.17, 15) is 10.1 Å². The second-order valence-electron chi connectivity index (χ2n) is 5.01. The second kappa shape index (κ2) is 6.00. The van der Waals surface area contributed by atoms with Crippen molar-refractivity contribution < 1.29 is 13.9 Å². The minimum absolute atomic E-state index is 0.149. The van der Waals surface area contributed by atoms with Crippen LogP contribution >= 0.6 is 0 Å². The molecular weight excluding hydrogens is 282 g/mol. The minimum Gasteiger partial charge on any atom is -0.464 e. The van der Waals surface area contributed by atoms with Gasteiger partial charge < -0.3 is 14.1 Å². The van der Waals surface area contributed by atoms with Gasteiger partial charge in [0.1, 0.15) is 17.5 Å². The average molecular weight is 297 g/mol. The van der Waals surface area contributed by atoms with Gasteiger partial charge in [-0.05, 0) is 25.1 Å². The number of furan rings is 1. The predicted octanol–water partition coefficient (Wildman–Crippen LogP) is 1.99. The molecule has 112 valence electrons. The molecule has 0 bridgehead atoms. The van der Waals surface area contributed by atoms with E-state index in [4.69, 9.17) is 9.15 Å². The van der Waals surface area contributed by atoms with Crippen LogP contribution in [0.5, 0.6) is 0 Å². The lowest BCUT2D eigenvalue weighted by Crippen LogP contribution is -2.41. The molecule has 0 aromatic carbocycles. The molecule has 0 aliphatic carbocycles. The molecule has 1 fully saturated rings. The Bertz CT molecular complexity index is 726. The van der Waals surface area contributed by atoms with Crippen molar-refractivity contribution in [2.75, 3.05) is 26.3 Å². The number of carbonyl (C=O) groups is 1. The summed E-state index contributed by atoms with van der Waals surface area (Å²) in [5.74, 6) is 0.404. The van der Waals surface area contributed by atoms with Crippen LogP contribution in [0.25, 0.3) is 11.3 Å². The highest BCUT2D eigenvalue weighted by Crippen LogP contribution is 2.26. The fourth-order valence-corrected chi connectivity index (χ4v) is 2.48. The van der Waals surface area contributed by atoms with Crippen LogP contribution in [0.4, 0.5) is 0 Å². The Kier molecular flexibility index (Phi) is 3.90. The Balaban J connectivity index is 2.03. The summed E-state index contributed by atoms with van der Waals surface area (Å²) in [5, 5.41) is 9.33. The van der Waals surface area contributed by atoms with Crippen molar-refractivity contribution in [2.45, 2.75) is 6.92 Å². The Morgan fingerprint density at radius 1 is 1.41 bits per heavy atom. The predicted molar refractivity (Wildman–Crippen MR) is 78.1 cm³/mol. The molecule has 2 aromatic rings. The number of nitriles is 1. The first-order chi connectivity index (χ1) is 10.7. The number of nitrogens with zero attached hydrogens (tertiary/aromatic N) is 3. The first kappa shape index (κ1) is 14.3. The summed E-state index contributed by atoms with van der Waals surface area (Å²) in [6.07, 6.45) is 1.54. The molecule has 3 rings (SSSR count). The average Bonchev–Trinajstić information content (AvgIpc) is 3.08. The monoisotopic (exact) mass is 297 g/mol. The molecule has 2 aromatic heterocycles. The molecule has 3 heterocycles. The smallest absolute Gasteiger partial charge is 0.272 e. The van der Waals surface area contributed by atoms with E-state index in [1.807, 2.05) is 0 Å². The van der Waals surface area contributed by atoms with Gasteiger partial charge in [0.05, 0.1) is 30.7 Å². The van der Waals surface area contributed by atoms with Crippen molar-refractivity contribution in [3.05, 3.63) is 41.4 Å². The lowest BCUT2D eigenvalue weighted by atomic mass is 10.0. The van der Waals surface area contributed by atoms with Crippen molar-refractivity contribution in [1.82, 2.24) is 9.88 Å². The molecule has 0 atom stereocenters. The number of rotatable bonds is 2. The van der Waals surface area contributed by atoms with Gasteiger partial charge in [0, 0.05) is 18.7 Å². The maximum atomic E-state index is 12.6. The Morgan fingerprint density at radius 2 is 2.18 bits per heavy atom. The Hall–Kier alpha value is -2.65. The zero-order chi connectivity index (χ0) is 15.5. The van der Waals surface area contributed by atoms with Crippen molar-refractivity contribution in [1.29, 1.82) is 5.26 Å². The zero-order valence-electron chi connectivity index (χ0n) is 12.2. The minimum atomic E-state index is -0.149. The number of pyridine rings is 1. The van der Waals surface area contributed by atoms with Crippen LogP contribution in [0.15, 0.2) is 28.9 Å². The van der Waals surface area contributed by atoms with Gasteiger partial charge >= 0.3 is 0 Å². The molecule has 0 saturated carbocycles. The van der Waals surface area contributed by atoms with Crippen molar-refractivity contribution >= 4 is 5.91 Å². The summed E-state index contributed by atoms with van der Waals surface area (Å²) < 4.78 is 10.6. The first-order valence-electron chi connectivity index (χ1n) is 7.03. The molecule has 1 aliphatic rings. The molecule has 1 amide bonds. The van der Waals surface area contributed by atoms with Crippen LogP contribution in [-0.2, 0) is 4.74 Å². The SMILES string of the molecule is Cc1nc(C(=O)N2CCOCC2)cc(-c2ccco2)c1C#N. The highest BCUT2D eigenvalue weighted by Gasteiger charge is 2.22. The summed E-state index contributed by atoms with van der Waals surface area (Å²) in [7, 11) is 0. The van der Waals surface area contributed by atoms with Crippen LogP contribution in [0, 0.1) is 18.3 Å². The molecule has 6 nitrogen and oxygen atoms in total. The van der Waals surface area contributed by atoms with Gasteiger partial charge in [-0.15, -0.1) is 0 Å². The molecule has 0 unspecified atom stereocenters.